The second kappa shape index (κ2) is 6.64. The summed E-state index contributed by atoms with van der Waals surface area (Å²) in [5.74, 6) is 0.938. The smallest absolute Gasteiger partial charge is 0.265 e. The summed E-state index contributed by atoms with van der Waals surface area (Å²) in [6, 6.07) is 9.06. The molecule has 0 bridgehead atoms. The number of hydrogen-bond acceptors (Lipinski definition) is 6. The van der Waals surface area contributed by atoms with Gasteiger partial charge in [-0.1, -0.05) is 12.1 Å². The van der Waals surface area contributed by atoms with Gasteiger partial charge < -0.3 is 19.2 Å². The molecule has 2 aromatic heterocycles. The highest BCUT2D eigenvalue weighted by atomic mass is 16.6. The predicted octanol–water partition coefficient (Wildman–Crippen LogP) is 2.19. The average Bonchev–Trinajstić information content (AvgIpc) is 3.20. The molecule has 0 saturated heterocycles. The number of carbonyl (C=O) groups is 1. The minimum absolute atomic E-state index is 0.165. The maximum absolute atomic E-state index is 12.4. The molecule has 0 radical (unpaired) electrons. The van der Waals surface area contributed by atoms with E-state index >= 15 is 0 Å². The molecule has 1 aliphatic rings. The van der Waals surface area contributed by atoms with Gasteiger partial charge in [0.15, 0.2) is 11.5 Å². The molecule has 25 heavy (non-hydrogen) atoms. The van der Waals surface area contributed by atoms with Crippen LogP contribution in [0.2, 0.25) is 0 Å². The van der Waals surface area contributed by atoms with Crippen molar-refractivity contribution in [3.8, 4) is 22.8 Å². The number of nitrogens with zero attached hydrogens (tertiary/aromatic N) is 2. The summed E-state index contributed by atoms with van der Waals surface area (Å²) in [6.45, 7) is 0.395. The molecule has 0 fully saturated rings. The van der Waals surface area contributed by atoms with Crippen molar-refractivity contribution in [2.24, 2.45) is 0 Å². The Hall–Kier alpha value is -3.35. The Morgan fingerprint density at radius 1 is 1.16 bits per heavy atom. The van der Waals surface area contributed by atoms with Crippen LogP contribution in [0.25, 0.3) is 11.3 Å². The minimum atomic E-state index is -0.705. The number of hydrogen-bond donors (Lipinski definition) is 1. The van der Waals surface area contributed by atoms with E-state index in [-0.39, 0.29) is 19.1 Å². The van der Waals surface area contributed by atoms with Gasteiger partial charge in [0.2, 0.25) is 6.10 Å². The lowest BCUT2D eigenvalue weighted by Gasteiger charge is -2.25. The first-order valence-electron chi connectivity index (χ1n) is 7.80. The summed E-state index contributed by atoms with van der Waals surface area (Å²) < 4.78 is 16.3. The summed E-state index contributed by atoms with van der Waals surface area (Å²) in [7, 11) is 0. The zero-order valence-corrected chi connectivity index (χ0v) is 13.2. The van der Waals surface area contributed by atoms with Crippen LogP contribution < -0.4 is 14.8 Å². The van der Waals surface area contributed by atoms with Crippen LogP contribution in [0.5, 0.6) is 11.5 Å². The number of para-hydroxylation sites is 2. The largest absolute Gasteiger partial charge is 0.485 e. The van der Waals surface area contributed by atoms with E-state index in [0.29, 0.717) is 22.9 Å². The third-order valence-electron chi connectivity index (χ3n) is 3.80. The fourth-order valence-electron chi connectivity index (χ4n) is 2.57. The van der Waals surface area contributed by atoms with Gasteiger partial charge in [0.05, 0.1) is 30.5 Å². The van der Waals surface area contributed by atoms with Gasteiger partial charge in [-0.05, 0) is 18.2 Å². The zero-order chi connectivity index (χ0) is 17.1. The zero-order valence-electron chi connectivity index (χ0n) is 13.2. The lowest BCUT2D eigenvalue weighted by atomic mass is 10.2. The molecule has 4 rings (SSSR count). The average molecular weight is 337 g/mol. The number of amides is 1. The number of rotatable bonds is 4. The van der Waals surface area contributed by atoms with E-state index in [1.807, 2.05) is 12.1 Å². The second-order valence-electron chi connectivity index (χ2n) is 5.45. The molecule has 7 heteroatoms. The second-order valence-corrected chi connectivity index (χ2v) is 5.45. The Balaban J connectivity index is 1.44. The summed E-state index contributed by atoms with van der Waals surface area (Å²) >= 11 is 0. The van der Waals surface area contributed by atoms with Crippen LogP contribution in [-0.4, -0.2) is 28.6 Å². The van der Waals surface area contributed by atoms with Crippen molar-refractivity contribution < 1.29 is 18.7 Å². The molecule has 1 atom stereocenters. The molecule has 7 nitrogen and oxygen atoms in total. The van der Waals surface area contributed by atoms with Gasteiger partial charge in [0.1, 0.15) is 6.61 Å². The SMILES string of the molecule is O=C(NCc1nccnc1-c1ccoc1)[C@@H]1COc2ccccc2O1. The van der Waals surface area contributed by atoms with Crippen molar-refractivity contribution in [3.63, 3.8) is 0 Å². The third kappa shape index (κ3) is 3.16. The molecule has 126 valence electrons. The number of ether oxygens (including phenoxy) is 2. The Labute approximate surface area is 143 Å². The molecule has 1 N–H and O–H groups in total. The molecule has 0 saturated carbocycles. The first-order chi connectivity index (χ1) is 12.3. The first-order valence-corrected chi connectivity index (χ1v) is 7.80. The highest BCUT2D eigenvalue weighted by Crippen LogP contribution is 2.30. The van der Waals surface area contributed by atoms with E-state index in [2.05, 4.69) is 15.3 Å². The van der Waals surface area contributed by atoms with Gasteiger partial charge in [0, 0.05) is 18.0 Å². The van der Waals surface area contributed by atoms with Gasteiger partial charge >= 0.3 is 0 Å². The molecule has 1 aromatic carbocycles. The fourth-order valence-corrected chi connectivity index (χ4v) is 2.57. The standard InChI is InChI=1S/C18H15N3O4/c22-18(16-11-24-14-3-1-2-4-15(14)25-16)21-9-13-17(20-7-6-19-13)12-5-8-23-10-12/h1-8,10,16H,9,11H2,(H,21,22)/t16-/m0/s1. The Kier molecular flexibility index (Phi) is 4.04. The molecule has 0 aliphatic carbocycles. The number of furan rings is 1. The summed E-state index contributed by atoms with van der Waals surface area (Å²) in [4.78, 5) is 21.0. The number of carbonyl (C=O) groups excluding carboxylic acids is 1. The first kappa shape index (κ1) is 15.2. The predicted molar refractivity (Wildman–Crippen MR) is 87.9 cm³/mol. The topological polar surface area (TPSA) is 86.5 Å². The van der Waals surface area contributed by atoms with Crippen molar-refractivity contribution >= 4 is 5.91 Å². The van der Waals surface area contributed by atoms with Crippen molar-refractivity contribution in [1.29, 1.82) is 0 Å². The van der Waals surface area contributed by atoms with Crippen LogP contribution in [0.3, 0.4) is 0 Å². The number of aromatic nitrogens is 2. The molecule has 0 unspecified atom stereocenters. The Bertz CT molecular complexity index is 880. The van der Waals surface area contributed by atoms with E-state index in [0.717, 1.165) is 5.56 Å². The van der Waals surface area contributed by atoms with Crippen LogP contribution in [0.15, 0.2) is 59.7 Å². The highest BCUT2D eigenvalue weighted by molar-refractivity contribution is 5.81. The molecule has 1 amide bonds. The lowest BCUT2D eigenvalue weighted by molar-refractivity contribution is -0.130. The Morgan fingerprint density at radius 3 is 2.84 bits per heavy atom. The van der Waals surface area contributed by atoms with E-state index in [9.17, 15) is 4.79 Å². The van der Waals surface area contributed by atoms with Crippen LogP contribution in [0, 0.1) is 0 Å². The van der Waals surface area contributed by atoms with Gasteiger partial charge in [0.25, 0.3) is 5.91 Å². The Morgan fingerprint density at radius 2 is 2.00 bits per heavy atom. The molecule has 3 heterocycles. The van der Waals surface area contributed by atoms with Gasteiger partial charge in [-0.2, -0.15) is 0 Å². The molecule has 0 spiro atoms. The lowest BCUT2D eigenvalue weighted by Crippen LogP contribution is -2.43. The van der Waals surface area contributed by atoms with Gasteiger partial charge in [-0.15, -0.1) is 0 Å². The summed E-state index contributed by atoms with van der Waals surface area (Å²) in [5, 5.41) is 2.82. The van der Waals surface area contributed by atoms with E-state index in [1.54, 1.807) is 43.1 Å². The number of fused-ring (bicyclic) bond motifs is 1. The summed E-state index contributed by atoms with van der Waals surface area (Å²) in [5.41, 5.74) is 2.13. The van der Waals surface area contributed by atoms with Gasteiger partial charge in [-0.3, -0.25) is 14.8 Å². The van der Waals surface area contributed by atoms with Crippen LogP contribution in [0.1, 0.15) is 5.69 Å². The fraction of sp³-hybridized carbons (Fsp3) is 0.167. The van der Waals surface area contributed by atoms with Crippen LogP contribution in [0.4, 0.5) is 0 Å². The monoisotopic (exact) mass is 337 g/mol. The van der Waals surface area contributed by atoms with Crippen molar-refractivity contribution in [2.75, 3.05) is 6.61 Å². The quantitative estimate of drug-likeness (QED) is 0.785. The summed E-state index contributed by atoms with van der Waals surface area (Å²) in [6.07, 6.45) is 5.63. The highest BCUT2D eigenvalue weighted by Gasteiger charge is 2.27. The number of benzene rings is 1. The van der Waals surface area contributed by atoms with Crippen LogP contribution >= 0.6 is 0 Å². The molecular weight excluding hydrogens is 322 g/mol. The maximum atomic E-state index is 12.4. The molecule has 1 aliphatic heterocycles. The maximum Gasteiger partial charge on any atom is 0.265 e. The minimum Gasteiger partial charge on any atom is -0.485 e. The van der Waals surface area contributed by atoms with Crippen LogP contribution in [-0.2, 0) is 11.3 Å². The van der Waals surface area contributed by atoms with E-state index in [1.165, 1.54) is 0 Å². The van der Waals surface area contributed by atoms with Crippen molar-refractivity contribution in [2.45, 2.75) is 12.6 Å². The van der Waals surface area contributed by atoms with Gasteiger partial charge in [-0.25, -0.2) is 0 Å². The molecule has 3 aromatic rings. The van der Waals surface area contributed by atoms with E-state index in [4.69, 9.17) is 13.9 Å². The van der Waals surface area contributed by atoms with Crippen molar-refractivity contribution in [1.82, 2.24) is 15.3 Å². The normalized spacial score (nSPS) is 15.6. The molecular formula is C18H15N3O4. The van der Waals surface area contributed by atoms with E-state index < -0.39 is 6.10 Å². The number of nitrogens with one attached hydrogen (secondary N) is 1. The third-order valence-corrected chi connectivity index (χ3v) is 3.80. The van der Waals surface area contributed by atoms with Crippen molar-refractivity contribution in [3.05, 3.63) is 60.9 Å².